The van der Waals surface area contributed by atoms with Crippen molar-refractivity contribution in [3.8, 4) is 0 Å². The van der Waals surface area contributed by atoms with Gasteiger partial charge in [-0.25, -0.2) is 4.39 Å². The molecule has 4 heteroatoms. The first-order valence-electron chi connectivity index (χ1n) is 6.01. The summed E-state index contributed by atoms with van der Waals surface area (Å²) in [6.45, 7) is 0.667. The third-order valence-electron chi connectivity index (χ3n) is 2.86. The van der Waals surface area contributed by atoms with Gasteiger partial charge in [-0.2, -0.15) is 0 Å². The molecule has 0 aliphatic rings. The lowest BCUT2D eigenvalue weighted by Crippen LogP contribution is -2.08. The molecule has 0 bridgehead atoms. The largest absolute Gasteiger partial charge is 0.381 e. The van der Waals surface area contributed by atoms with Gasteiger partial charge in [0.05, 0.1) is 4.47 Å². The first-order valence-corrected chi connectivity index (χ1v) is 6.81. The van der Waals surface area contributed by atoms with Crippen molar-refractivity contribution in [3.63, 3.8) is 0 Å². The molecule has 0 aliphatic carbocycles. The van der Waals surface area contributed by atoms with Crippen LogP contribution in [-0.4, -0.2) is 14.1 Å². The van der Waals surface area contributed by atoms with Crippen molar-refractivity contribution in [1.82, 2.24) is 0 Å². The Labute approximate surface area is 121 Å². The molecule has 2 nitrogen and oxygen atoms in total. The van der Waals surface area contributed by atoms with Crippen molar-refractivity contribution in [2.24, 2.45) is 0 Å². The van der Waals surface area contributed by atoms with E-state index in [2.05, 4.69) is 38.3 Å². The van der Waals surface area contributed by atoms with Crippen LogP contribution >= 0.6 is 15.9 Å². The highest BCUT2D eigenvalue weighted by Crippen LogP contribution is 2.19. The summed E-state index contributed by atoms with van der Waals surface area (Å²) in [6.07, 6.45) is 0. The maximum atomic E-state index is 13.1. The molecular weight excluding hydrogens is 307 g/mol. The van der Waals surface area contributed by atoms with E-state index < -0.39 is 0 Å². The number of rotatable bonds is 4. The van der Waals surface area contributed by atoms with Crippen molar-refractivity contribution in [3.05, 3.63) is 58.3 Å². The number of hydrogen-bond donors (Lipinski definition) is 1. The van der Waals surface area contributed by atoms with E-state index in [1.807, 2.05) is 26.2 Å². The average Bonchev–Trinajstić information content (AvgIpc) is 2.40. The van der Waals surface area contributed by atoms with E-state index in [1.54, 1.807) is 12.1 Å². The van der Waals surface area contributed by atoms with Gasteiger partial charge in [-0.3, -0.25) is 0 Å². The molecule has 2 aromatic carbocycles. The lowest BCUT2D eigenvalue weighted by atomic mass is 10.2. The summed E-state index contributed by atoms with van der Waals surface area (Å²) in [5.41, 5.74) is 3.24. The zero-order valence-electron chi connectivity index (χ0n) is 11.0. The Hall–Kier alpha value is -1.55. The van der Waals surface area contributed by atoms with E-state index in [9.17, 15) is 4.39 Å². The van der Waals surface area contributed by atoms with Gasteiger partial charge in [0.15, 0.2) is 0 Å². The zero-order valence-corrected chi connectivity index (χ0v) is 12.5. The van der Waals surface area contributed by atoms with Gasteiger partial charge in [-0.05, 0) is 57.9 Å². The van der Waals surface area contributed by atoms with Crippen LogP contribution in [0.3, 0.4) is 0 Å². The second kappa shape index (κ2) is 6.06. The monoisotopic (exact) mass is 322 g/mol. The first-order chi connectivity index (χ1) is 9.06. The molecule has 0 aromatic heterocycles. The Bertz CT molecular complexity index is 553. The van der Waals surface area contributed by atoms with E-state index in [0.29, 0.717) is 11.0 Å². The van der Waals surface area contributed by atoms with Gasteiger partial charge in [0.1, 0.15) is 5.82 Å². The summed E-state index contributed by atoms with van der Waals surface area (Å²) in [5.74, 6) is -0.237. The molecule has 2 rings (SSSR count). The maximum Gasteiger partial charge on any atom is 0.137 e. The van der Waals surface area contributed by atoms with Crippen LogP contribution in [0.5, 0.6) is 0 Å². The highest BCUT2D eigenvalue weighted by atomic mass is 79.9. The summed E-state index contributed by atoms with van der Waals surface area (Å²) < 4.78 is 13.6. The van der Waals surface area contributed by atoms with Crippen LogP contribution in [-0.2, 0) is 6.54 Å². The molecule has 0 fully saturated rings. The normalized spacial score (nSPS) is 10.3. The van der Waals surface area contributed by atoms with E-state index in [1.165, 1.54) is 6.07 Å². The van der Waals surface area contributed by atoms with E-state index in [-0.39, 0.29) is 5.82 Å². The van der Waals surface area contributed by atoms with E-state index in [4.69, 9.17) is 0 Å². The first kappa shape index (κ1) is 13.9. The molecule has 0 aliphatic heterocycles. The number of nitrogens with one attached hydrogen (secondary N) is 1. The van der Waals surface area contributed by atoms with Crippen LogP contribution in [0.15, 0.2) is 46.9 Å². The molecule has 100 valence electrons. The van der Waals surface area contributed by atoms with Gasteiger partial charge in [0, 0.05) is 32.0 Å². The Kier molecular flexibility index (Phi) is 4.43. The Morgan fingerprint density at radius 3 is 2.37 bits per heavy atom. The molecule has 19 heavy (non-hydrogen) atoms. The highest BCUT2D eigenvalue weighted by molar-refractivity contribution is 9.10. The standard InChI is InChI=1S/C15H16BrFN2/c1-19(2)13-6-4-12(5-7-13)18-10-11-3-8-15(17)14(16)9-11/h3-9,18H,10H2,1-2H3. The van der Waals surface area contributed by atoms with Crippen molar-refractivity contribution in [2.45, 2.75) is 6.54 Å². The molecule has 0 saturated carbocycles. The lowest BCUT2D eigenvalue weighted by molar-refractivity contribution is 0.620. The number of halogens is 2. The van der Waals surface area contributed by atoms with Gasteiger partial charge >= 0.3 is 0 Å². The Morgan fingerprint density at radius 2 is 1.79 bits per heavy atom. The Balaban J connectivity index is 2.00. The second-order valence-corrected chi connectivity index (χ2v) is 5.40. The minimum atomic E-state index is -0.237. The fourth-order valence-corrected chi connectivity index (χ4v) is 2.16. The van der Waals surface area contributed by atoms with Crippen LogP contribution in [0.4, 0.5) is 15.8 Å². The molecule has 0 unspecified atom stereocenters. The molecule has 0 spiro atoms. The van der Waals surface area contributed by atoms with Gasteiger partial charge in [-0.15, -0.1) is 0 Å². The van der Waals surface area contributed by atoms with E-state index in [0.717, 1.165) is 16.9 Å². The Morgan fingerprint density at radius 1 is 1.11 bits per heavy atom. The molecule has 2 aromatic rings. The van der Waals surface area contributed by atoms with E-state index >= 15 is 0 Å². The molecule has 0 amide bonds. The molecule has 0 radical (unpaired) electrons. The summed E-state index contributed by atoms with van der Waals surface area (Å²) in [4.78, 5) is 2.06. The molecular formula is C15H16BrFN2. The summed E-state index contributed by atoms with van der Waals surface area (Å²) >= 11 is 3.19. The second-order valence-electron chi connectivity index (χ2n) is 4.54. The van der Waals surface area contributed by atoms with Crippen molar-refractivity contribution < 1.29 is 4.39 Å². The number of benzene rings is 2. The fraction of sp³-hybridized carbons (Fsp3) is 0.200. The van der Waals surface area contributed by atoms with Gasteiger partial charge < -0.3 is 10.2 Å². The predicted molar refractivity (Wildman–Crippen MR) is 82.2 cm³/mol. The number of anilines is 2. The SMILES string of the molecule is CN(C)c1ccc(NCc2ccc(F)c(Br)c2)cc1. The summed E-state index contributed by atoms with van der Waals surface area (Å²) in [5, 5.41) is 3.31. The summed E-state index contributed by atoms with van der Waals surface area (Å²) in [7, 11) is 4.02. The number of nitrogens with zero attached hydrogens (tertiary/aromatic N) is 1. The van der Waals surface area contributed by atoms with Crippen molar-refractivity contribution >= 4 is 27.3 Å². The predicted octanol–water partition coefficient (Wildman–Crippen LogP) is 4.27. The number of hydrogen-bond acceptors (Lipinski definition) is 2. The quantitative estimate of drug-likeness (QED) is 0.904. The average molecular weight is 323 g/mol. The third-order valence-corrected chi connectivity index (χ3v) is 3.47. The van der Waals surface area contributed by atoms with Crippen LogP contribution in [0.2, 0.25) is 0 Å². The molecule has 1 N–H and O–H groups in total. The van der Waals surface area contributed by atoms with Crippen LogP contribution in [0, 0.1) is 5.82 Å². The highest BCUT2D eigenvalue weighted by Gasteiger charge is 2.01. The summed E-state index contributed by atoms with van der Waals surface area (Å²) in [6, 6.07) is 13.2. The molecule has 0 atom stereocenters. The van der Waals surface area contributed by atoms with Crippen LogP contribution in [0.25, 0.3) is 0 Å². The minimum absolute atomic E-state index is 0.237. The third kappa shape index (κ3) is 3.70. The zero-order chi connectivity index (χ0) is 13.8. The van der Waals surface area contributed by atoms with Gasteiger partial charge in [0.2, 0.25) is 0 Å². The topological polar surface area (TPSA) is 15.3 Å². The van der Waals surface area contributed by atoms with Gasteiger partial charge in [0.25, 0.3) is 0 Å². The van der Waals surface area contributed by atoms with Crippen molar-refractivity contribution in [2.75, 3.05) is 24.3 Å². The lowest BCUT2D eigenvalue weighted by Gasteiger charge is -2.13. The van der Waals surface area contributed by atoms with Crippen molar-refractivity contribution in [1.29, 1.82) is 0 Å². The molecule has 0 heterocycles. The van der Waals surface area contributed by atoms with Crippen LogP contribution in [0.1, 0.15) is 5.56 Å². The smallest absolute Gasteiger partial charge is 0.137 e. The fourth-order valence-electron chi connectivity index (χ4n) is 1.73. The molecule has 0 saturated heterocycles. The van der Waals surface area contributed by atoms with Crippen LogP contribution < -0.4 is 10.2 Å². The maximum absolute atomic E-state index is 13.1. The minimum Gasteiger partial charge on any atom is -0.381 e. The van der Waals surface area contributed by atoms with Gasteiger partial charge in [-0.1, -0.05) is 6.07 Å².